The molecule has 4 heteroatoms. The molecule has 0 aromatic heterocycles. The lowest BCUT2D eigenvalue weighted by Gasteiger charge is -2.16. The van der Waals surface area contributed by atoms with Crippen molar-refractivity contribution in [3.8, 4) is 0 Å². The lowest BCUT2D eigenvalue weighted by Crippen LogP contribution is -2.06. The van der Waals surface area contributed by atoms with Crippen molar-refractivity contribution >= 4 is 34.2 Å². The fraction of sp³-hybridized carbons (Fsp3) is 0.200. The molecule has 1 unspecified atom stereocenters. The lowest BCUT2D eigenvalue weighted by molar-refractivity contribution is 0.0576. The molecule has 0 heterocycles. The van der Waals surface area contributed by atoms with Crippen molar-refractivity contribution in [1.29, 1.82) is 0 Å². The highest BCUT2D eigenvalue weighted by molar-refractivity contribution is 14.1. The molecule has 0 radical (unpaired) electrons. The number of halogens is 3. The minimum absolute atomic E-state index is 0.132. The first-order valence-electron chi connectivity index (χ1n) is 5.87. The Morgan fingerprint density at radius 1 is 1.16 bits per heavy atom. The van der Waals surface area contributed by atoms with Crippen LogP contribution in [-0.2, 0) is 11.3 Å². The summed E-state index contributed by atoms with van der Waals surface area (Å²) in [7, 11) is 0. The van der Waals surface area contributed by atoms with Crippen molar-refractivity contribution < 1.29 is 9.13 Å². The second-order valence-electron chi connectivity index (χ2n) is 4.10. The highest BCUT2D eigenvalue weighted by Crippen LogP contribution is 2.24. The van der Waals surface area contributed by atoms with E-state index in [4.69, 9.17) is 16.3 Å². The van der Waals surface area contributed by atoms with Crippen molar-refractivity contribution in [1.82, 2.24) is 0 Å². The Kier molecular flexibility index (Phi) is 5.60. The minimum Gasteiger partial charge on any atom is -0.368 e. The molecule has 2 aromatic carbocycles. The number of hydrogen-bond acceptors (Lipinski definition) is 1. The average molecular weight is 391 g/mol. The molecule has 0 aliphatic rings. The smallest absolute Gasteiger partial charge is 0.123 e. The molecule has 0 saturated carbocycles. The number of benzene rings is 2. The standard InChI is InChI=1S/C15H13ClFIO/c16-14-7-2-1-4-12(14)10-19-15(9-18)11-5-3-6-13(17)8-11/h1-8,15H,9-10H2. The highest BCUT2D eigenvalue weighted by atomic mass is 127. The maximum atomic E-state index is 13.2. The molecule has 0 aliphatic heterocycles. The third-order valence-electron chi connectivity index (χ3n) is 2.76. The molecule has 0 N–H and O–H groups in total. The Morgan fingerprint density at radius 3 is 2.63 bits per heavy atom. The second kappa shape index (κ2) is 7.22. The molecule has 0 fully saturated rings. The summed E-state index contributed by atoms with van der Waals surface area (Å²) in [5, 5.41) is 0.689. The zero-order valence-electron chi connectivity index (χ0n) is 10.2. The van der Waals surface area contributed by atoms with Gasteiger partial charge in [-0.3, -0.25) is 0 Å². The van der Waals surface area contributed by atoms with E-state index in [0.717, 1.165) is 15.6 Å². The van der Waals surface area contributed by atoms with Crippen molar-refractivity contribution in [2.45, 2.75) is 12.7 Å². The van der Waals surface area contributed by atoms with Crippen LogP contribution < -0.4 is 0 Å². The van der Waals surface area contributed by atoms with Gasteiger partial charge < -0.3 is 4.74 Å². The normalized spacial score (nSPS) is 12.4. The first-order valence-corrected chi connectivity index (χ1v) is 7.77. The van der Waals surface area contributed by atoms with Gasteiger partial charge >= 0.3 is 0 Å². The van der Waals surface area contributed by atoms with Crippen molar-refractivity contribution in [3.63, 3.8) is 0 Å². The van der Waals surface area contributed by atoms with Crippen LogP contribution in [0.2, 0.25) is 5.02 Å². The molecule has 2 aromatic rings. The summed E-state index contributed by atoms with van der Waals surface area (Å²) in [6, 6.07) is 14.1. The molecule has 2 rings (SSSR count). The minimum atomic E-state index is -0.242. The molecule has 0 bridgehead atoms. The van der Waals surface area contributed by atoms with Crippen LogP contribution in [0.3, 0.4) is 0 Å². The van der Waals surface area contributed by atoms with Crippen LogP contribution in [0.15, 0.2) is 48.5 Å². The van der Waals surface area contributed by atoms with Gasteiger partial charge in [0.1, 0.15) is 5.82 Å². The molecule has 0 spiro atoms. The van der Waals surface area contributed by atoms with Crippen molar-refractivity contribution in [3.05, 3.63) is 70.5 Å². The molecule has 1 nitrogen and oxygen atoms in total. The van der Waals surface area contributed by atoms with Gasteiger partial charge in [0.15, 0.2) is 0 Å². The first kappa shape index (κ1) is 14.8. The second-order valence-corrected chi connectivity index (χ2v) is 5.39. The largest absolute Gasteiger partial charge is 0.368 e. The van der Waals surface area contributed by atoms with E-state index in [1.807, 2.05) is 30.3 Å². The predicted octanol–water partition coefficient (Wildman–Crippen LogP) is 5.17. The van der Waals surface area contributed by atoms with Gasteiger partial charge in [-0.15, -0.1) is 0 Å². The van der Waals surface area contributed by atoms with Crippen LogP contribution in [0.1, 0.15) is 17.2 Å². The Balaban J connectivity index is 2.06. The van der Waals surface area contributed by atoms with E-state index < -0.39 is 0 Å². The van der Waals surface area contributed by atoms with Crippen molar-refractivity contribution in [2.24, 2.45) is 0 Å². The van der Waals surface area contributed by atoms with E-state index in [1.165, 1.54) is 12.1 Å². The van der Waals surface area contributed by atoms with Crippen LogP contribution in [0.5, 0.6) is 0 Å². The average Bonchev–Trinajstić information content (AvgIpc) is 2.41. The number of rotatable bonds is 5. The topological polar surface area (TPSA) is 9.23 Å². The van der Waals surface area contributed by atoms with E-state index >= 15 is 0 Å². The molecule has 0 amide bonds. The summed E-state index contributed by atoms with van der Waals surface area (Å²) in [4.78, 5) is 0. The fourth-order valence-electron chi connectivity index (χ4n) is 1.74. The van der Waals surface area contributed by atoms with E-state index in [9.17, 15) is 4.39 Å². The summed E-state index contributed by atoms with van der Waals surface area (Å²) in [6.07, 6.45) is -0.132. The van der Waals surface area contributed by atoms with Gasteiger partial charge in [0.05, 0.1) is 12.7 Å². The number of hydrogen-bond donors (Lipinski definition) is 0. The van der Waals surface area contributed by atoms with Crippen LogP contribution in [-0.4, -0.2) is 4.43 Å². The monoisotopic (exact) mass is 390 g/mol. The fourth-order valence-corrected chi connectivity index (χ4v) is 2.70. The maximum Gasteiger partial charge on any atom is 0.123 e. The van der Waals surface area contributed by atoms with Crippen LogP contribution in [0.25, 0.3) is 0 Å². The number of ether oxygens (including phenoxy) is 1. The quantitative estimate of drug-likeness (QED) is 0.505. The van der Waals surface area contributed by atoms with Crippen molar-refractivity contribution in [2.75, 3.05) is 4.43 Å². The molecule has 0 saturated heterocycles. The van der Waals surface area contributed by atoms with Gasteiger partial charge in [-0.2, -0.15) is 0 Å². The van der Waals surface area contributed by atoms with E-state index in [1.54, 1.807) is 6.07 Å². The zero-order valence-corrected chi connectivity index (χ0v) is 13.1. The predicted molar refractivity (Wildman–Crippen MR) is 84.3 cm³/mol. The van der Waals surface area contributed by atoms with Crippen LogP contribution >= 0.6 is 34.2 Å². The third kappa shape index (κ3) is 4.16. The molecule has 100 valence electrons. The summed E-state index contributed by atoms with van der Waals surface area (Å²) < 4.78 is 19.8. The molecular formula is C15H13ClFIO. The molecular weight excluding hydrogens is 378 g/mol. The summed E-state index contributed by atoms with van der Waals surface area (Å²) >= 11 is 8.32. The van der Waals surface area contributed by atoms with E-state index in [0.29, 0.717) is 11.6 Å². The van der Waals surface area contributed by atoms with Crippen LogP contribution in [0, 0.1) is 5.82 Å². The Bertz CT molecular complexity index is 547. The van der Waals surface area contributed by atoms with Gasteiger partial charge in [0.2, 0.25) is 0 Å². The highest BCUT2D eigenvalue weighted by Gasteiger charge is 2.12. The van der Waals surface area contributed by atoms with E-state index in [2.05, 4.69) is 22.6 Å². The summed E-state index contributed by atoms with van der Waals surface area (Å²) in [5.74, 6) is -0.242. The molecule has 19 heavy (non-hydrogen) atoms. The van der Waals surface area contributed by atoms with Gasteiger partial charge in [0.25, 0.3) is 0 Å². The zero-order chi connectivity index (χ0) is 13.7. The SMILES string of the molecule is Fc1cccc(C(CI)OCc2ccccc2Cl)c1. The van der Waals surface area contributed by atoms with E-state index in [-0.39, 0.29) is 11.9 Å². The first-order chi connectivity index (χ1) is 9.20. The summed E-state index contributed by atoms with van der Waals surface area (Å²) in [6.45, 7) is 0.420. The Hall–Kier alpha value is -0.650. The number of alkyl halides is 1. The van der Waals surface area contributed by atoms with Gasteiger partial charge in [0, 0.05) is 9.45 Å². The van der Waals surface area contributed by atoms with Gasteiger partial charge in [-0.25, -0.2) is 4.39 Å². The Morgan fingerprint density at radius 2 is 1.95 bits per heavy atom. The lowest BCUT2D eigenvalue weighted by atomic mass is 10.1. The Labute approximate surface area is 130 Å². The maximum absolute atomic E-state index is 13.2. The molecule has 1 atom stereocenters. The van der Waals surface area contributed by atoms with Crippen LogP contribution in [0.4, 0.5) is 4.39 Å². The van der Waals surface area contributed by atoms with Gasteiger partial charge in [-0.1, -0.05) is 64.5 Å². The third-order valence-corrected chi connectivity index (χ3v) is 3.93. The molecule has 0 aliphatic carbocycles. The summed E-state index contributed by atoms with van der Waals surface area (Å²) in [5.41, 5.74) is 1.79. The van der Waals surface area contributed by atoms with Gasteiger partial charge in [-0.05, 0) is 29.3 Å².